The first-order chi connectivity index (χ1) is 31.4. The zero-order chi connectivity index (χ0) is 43.4. The summed E-state index contributed by atoms with van der Waals surface area (Å²) in [4.78, 5) is 2.43. The Morgan fingerprint density at radius 3 is 1.84 bits per heavy atom. The van der Waals surface area contributed by atoms with Gasteiger partial charge in [0.2, 0.25) is 0 Å². The van der Waals surface area contributed by atoms with E-state index in [-0.39, 0.29) is 5.41 Å². The molecule has 2 unspecified atom stereocenters. The molecule has 0 heterocycles. The first kappa shape index (κ1) is 39.4. The highest BCUT2D eigenvalue weighted by atomic mass is 15.1. The van der Waals surface area contributed by atoms with Crippen LogP contribution in [-0.4, -0.2) is 0 Å². The van der Waals surface area contributed by atoms with Gasteiger partial charge in [-0.05, 0) is 172 Å². The molecule has 9 aromatic rings. The van der Waals surface area contributed by atoms with Crippen LogP contribution in [0, 0.1) is 6.92 Å². The summed E-state index contributed by atoms with van der Waals surface area (Å²) in [5, 5.41) is 0. The van der Waals surface area contributed by atoms with E-state index in [4.69, 9.17) is 0 Å². The van der Waals surface area contributed by atoms with Crippen LogP contribution in [0.5, 0.6) is 0 Å². The number of allylic oxidation sites excluding steroid dienone is 2. The number of rotatable bonds is 8. The van der Waals surface area contributed by atoms with E-state index in [0.29, 0.717) is 5.92 Å². The molecule has 0 saturated carbocycles. The summed E-state index contributed by atoms with van der Waals surface area (Å²) >= 11 is 0. The zero-order valence-corrected chi connectivity index (χ0v) is 37.0. The van der Waals surface area contributed by atoms with E-state index in [1.54, 1.807) is 0 Å². The fourth-order valence-corrected chi connectivity index (χ4v) is 10.6. The molecule has 0 aliphatic heterocycles. The summed E-state index contributed by atoms with van der Waals surface area (Å²) in [5.41, 5.74) is 25.2. The zero-order valence-electron chi connectivity index (χ0n) is 37.0. The molecule has 0 aromatic heterocycles. The molecule has 64 heavy (non-hydrogen) atoms. The molecule has 0 fully saturated rings. The Kier molecular flexibility index (Phi) is 9.85. The summed E-state index contributed by atoms with van der Waals surface area (Å²) in [6.07, 6.45) is 3.19. The highest BCUT2D eigenvalue weighted by Crippen LogP contribution is 2.54. The molecule has 2 aliphatic rings. The van der Waals surface area contributed by atoms with Crippen molar-refractivity contribution in [1.29, 1.82) is 0 Å². The van der Waals surface area contributed by atoms with E-state index in [2.05, 4.69) is 251 Å². The molecule has 0 spiro atoms. The van der Waals surface area contributed by atoms with Crippen LogP contribution in [0.25, 0.3) is 50.1 Å². The smallest absolute Gasteiger partial charge is 0.0465 e. The Morgan fingerprint density at radius 2 is 1.12 bits per heavy atom. The summed E-state index contributed by atoms with van der Waals surface area (Å²) < 4.78 is 0. The van der Waals surface area contributed by atoms with Gasteiger partial charge >= 0.3 is 0 Å². The van der Waals surface area contributed by atoms with E-state index in [1.807, 2.05) is 0 Å². The quantitative estimate of drug-likeness (QED) is 0.148. The van der Waals surface area contributed by atoms with Gasteiger partial charge in [-0.1, -0.05) is 175 Å². The largest absolute Gasteiger partial charge is 0.310 e. The maximum absolute atomic E-state index is 2.44. The molecular formula is C63H51N. The average molecular weight is 822 g/mol. The van der Waals surface area contributed by atoms with Crippen molar-refractivity contribution in [2.45, 2.75) is 45.4 Å². The second-order valence-electron chi connectivity index (χ2n) is 17.9. The molecule has 2 aliphatic carbocycles. The van der Waals surface area contributed by atoms with Crippen LogP contribution in [0.15, 0.2) is 218 Å². The Labute approximate surface area is 378 Å². The van der Waals surface area contributed by atoms with Crippen LogP contribution < -0.4 is 4.90 Å². The van der Waals surface area contributed by atoms with E-state index >= 15 is 0 Å². The molecule has 2 atom stereocenters. The predicted molar refractivity (Wildman–Crippen MR) is 271 cm³/mol. The molecule has 0 radical (unpaired) electrons. The lowest BCUT2D eigenvalue weighted by molar-refractivity contribution is 0.714. The van der Waals surface area contributed by atoms with Crippen LogP contribution in [0.2, 0.25) is 0 Å². The van der Waals surface area contributed by atoms with Gasteiger partial charge in [0.1, 0.15) is 0 Å². The average Bonchev–Trinajstić information content (AvgIpc) is 3.62. The number of hydrogen-bond donors (Lipinski definition) is 0. The third kappa shape index (κ3) is 6.71. The first-order valence-electron chi connectivity index (χ1n) is 22.7. The fraction of sp³-hybridized carbons (Fsp3) is 0.111. The molecule has 11 rings (SSSR count). The lowest BCUT2D eigenvalue weighted by Gasteiger charge is -2.31. The summed E-state index contributed by atoms with van der Waals surface area (Å²) in [5.74, 6) is 0.327. The second-order valence-corrected chi connectivity index (χ2v) is 17.9. The first-order valence-corrected chi connectivity index (χ1v) is 22.7. The van der Waals surface area contributed by atoms with Gasteiger partial charge < -0.3 is 4.90 Å². The predicted octanol–water partition coefficient (Wildman–Crippen LogP) is 16.9. The molecule has 1 heteroatoms. The monoisotopic (exact) mass is 821 g/mol. The topological polar surface area (TPSA) is 3.24 Å². The Balaban J connectivity index is 1.02. The van der Waals surface area contributed by atoms with Crippen LogP contribution in [0.4, 0.5) is 17.1 Å². The summed E-state index contributed by atoms with van der Waals surface area (Å²) in [6.45, 7) is 8.88. The number of aryl methyl sites for hydroxylation is 1. The van der Waals surface area contributed by atoms with Gasteiger partial charge in [0.15, 0.2) is 0 Å². The minimum absolute atomic E-state index is 0.304. The van der Waals surface area contributed by atoms with Gasteiger partial charge in [-0.15, -0.1) is 0 Å². The van der Waals surface area contributed by atoms with Crippen molar-refractivity contribution in [2.24, 2.45) is 0 Å². The number of nitrogens with zero attached hydrogens (tertiary/aromatic N) is 1. The molecular weight excluding hydrogens is 771 g/mol. The van der Waals surface area contributed by atoms with Gasteiger partial charge in [0.25, 0.3) is 0 Å². The molecule has 9 aromatic carbocycles. The van der Waals surface area contributed by atoms with Crippen molar-refractivity contribution in [2.75, 3.05) is 4.90 Å². The van der Waals surface area contributed by atoms with Gasteiger partial charge in [-0.25, -0.2) is 0 Å². The Morgan fingerprint density at radius 1 is 0.500 bits per heavy atom. The molecule has 0 N–H and O–H groups in total. The highest BCUT2D eigenvalue weighted by molar-refractivity contribution is 5.88. The summed E-state index contributed by atoms with van der Waals surface area (Å²) in [6, 6.07) is 79.4. The van der Waals surface area contributed by atoms with Gasteiger partial charge in [-0.2, -0.15) is 0 Å². The van der Waals surface area contributed by atoms with Gasteiger partial charge in [-0.3, -0.25) is 0 Å². The van der Waals surface area contributed by atoms with Gasteiger partial charge in [0.05, 0.1) is 0 Å². The van der Waals surface area contributed by atoms with Crippen molar-refractivity contribution >= 4 is 22.6 Å². The van der Waals surface area contributed by atoms with Crippen LogP contribution >= 0.6 is 0 Å². The minimum Gasteiger partial charge on any atom is -0.310 e. The molecule has 0 saturated heterocycles. The molecule has 1 nitrogen and oxygen atoms in total. The SMILES string of the molecule is C/C=C(\C)c1cccc(-c2ccc(N(c3ccc(-c4ccc5c(c4)-c4cc(C)ccc4CC5c4ccccc4)cc3)c3ccc4c(c3)C(C)(c3ccccc3)c3ccccc3-4)cc2)c1. The lowest BCUT2D eigenvalue weighted by Crippen LogP contribution is -2.22. The lowest BCUT2D eigenvalue weighted by atomic mass is 9.74. The van der Waals surface area contributed by atoms with Gasteiger partial charge in [0, 0.05) is 28.4 Å². The maximum Gasteiger partial charge on any atom is 0.0465 e. The third-order valence-electron chi connectivity index (χ3n) is 14.2. The van der Waals surface area contributed by atoms with Crippen molar-refractivity contribution in [3.8, 4) is 44.5 Å². The summed E-state index contributed by atoms with van der Waals surface area (Å²) in [7, 11) is 0. The van der Waals surface area contributed by atoms with Crippen LogP contribution in [0.3, 0.4) is 0 Å². The number of fused-ring (bicyclic) bond motifs is 6. The second kappa shape index (κ2) is 16.0. The third-order valence-corrected chi connectivity index (χ3v) is 14.2. The normalized spacial score (nSPS) is 16.1. The Bertz CT molecular complexity index is 3210. The standard InChI is InChI=1S/C63H51N/c1-5-43(3)47-17-14-18-48(38-47)44-25-30-52(31-26-44)64(54-34-36-57-56-21-12-13-22-61(56)63(4,62(57)41-54)51-19-10-7-11-20-51)53-32-27-45(28-33-53)49-29-35-55-59(46-15-8-6-9-16-46)40-50-24-23-42(2)37-58(50)60(55)39-49/h5-39,41,59H,40H2,1-4H3/b43-5+. The molecule has 0 amide bonds. The number of anilines is 3. The van der Waals surface area contributed by atoms with Crippen molar-refractivity contribution in [3.63, 3.8) is 0 Å². The molecule has 308 valence electrons. The van der Waals surface area contributed by atoms with Crippen LogP contribution in [-0.2, 0) is 11.8 Å². The molecule has 0 bridgehead atoms. The van der Waals surface area contributed by atoms with Crippen LogP contribution in [0.1, 0.15) is 71.2 Å². The number of hydrogen-bond acceptors (Lipinski definition) is 1. The van der Waals surface area contributed by atoms with E-state index in [1.165, 1.54) is 94.6 Å². The Hall–Kier alpha value is -7.48. The minimum atomic E-state index is -0.304. The maximum atomic E-state index is 2.44. The van der Waals surface area contributed by atoms with Crippen molar-refractivity contribution in [3.05, 3.63) is 263 Å². The highest BCUT2D eigenvalue weighted by Gasteiger charge is 2.41. The van der Waals surface area contributed by atoms with Crippen molar-refractivity contribution in [1.82, 2.24) is 0 Å². The van der Waals surface area contributed by atoms with E-state index < -0.39 is 0 Å². The van der Waals surface area contributed by atoms with Crippen molar-refractivity contribution < 1.29 is 0 Å². The van der Waals surface area contributed by atoms with E-state index in [0.717, 1.165) is 23.5 Å². The van der Waals surface area contributed by atoms with E-state index in [9.17, 15) is 0 Å². The number of benzene rings is 9. The fourth-order valence-electron chi connectivity index (χ4n) is 10.6.